The van der Waals surface area contributed by atoms with Crippen LogP contribution >= 0.6 is 11.6 Å². The zero-order valence-corrected chi connectivity index (χ0v) is 17.1. The van der Waals surface area contributed by atoms with Crippen LogP contribution in [0.5, 0.6) is 5.75 Å². The Bertz CT molecular complexity index is 851. The van der Waals surface area contributed by atoms with Gasteiger partial charge in [-0.05, 0) is 49.2 Å². The van der Waals surface area contributed by atoms with Crippen LogP contribution in [-0.2, 0) is 4.79 Å². The Labute approximate surface area is 175 Å². The van der Waals surface area contributed by atoms with Gasteiger partial charge >= 0.3 is 0 Å². The fraction of sp³-hybridized carbons (Fsp3) is 0.364. The normalized spacial score (nSPS) is 14.5. The average Bonchev–Trinajstić information content (AvgIpc) is 2.74. The van der Waals surface area contributed by atoms with Crippen LogP contribution in [0.4, 0.5) is 4.39 Å². The third kappa shape index (κ3) is 5.48. The molecule has 0 unspecified atom stereocenters. The van der Waals surface area contributed by atoms with Gasteiger partial charge < -0.3 is 14.5 Å². The van der Waals surface area contributed by atoms with E-state index in [1.165, 1.54) is 6.07 Å². The number of amides is 2. The largest absolute Gasteiger partial charge is 0.489 e. The molecule has 29 heavy (non-hydrogen) atoms. The highest BCUT2D eigenvalue weighted by Gasteiger charge is 2.29. The Balaban J connectivity index is 1.44. The Morgan fingerprint density at radius 3 is 2.45 bits per heavy atom. The number of likely N-dealkylation sites (tertiary alicyclic amines) is 1. The van der Waals surface area contributed by atoms with E-state index in [2.05, 4.69) is 0 Å². The maximum atomic E-state index is 13.6. The zero-order valence-electron chi connectivity index (χ0n) is 16.3. The lowest BCUT2D eigenvalue weighted by molar-refractivity contribution is -0.135. The van der Waals surface area contributed by atoms with Crippen LogP contribution in [0, 0.1) is 11.7 Å². The average molecular weight is 419 g/mol. The van der Waals surface area contributed by atoms with Gasteiger partial charge in [-0.25, -0.2) is 4.39 Å². The van der Waals surface area contributed by atoms with Gasteiger partial charge in [-0.1, -0.05) is 23.7 Å². The van der Waals surface area contributed by atoms with Crippen LogP contribution in [-0.4, -0.2) is 54.9 Å². The van der Waals surface area contributed by atoms with Crippen molar-refractivity contribution in [1.29, 1.82) is 0 Å². The minimum absolute atomic E-state index is 0.0284. The Morgan fingerprint density at radius 2 is 1.79 bits per heavy atom. The summed E-state index contributed by atoms with van der Waals surface area (Å²) in [4.78, 5) is 28.6. The molecule has 0 saturated carbocycles. The summed E-state index contributed by atoms with van der Waals surface area (Å²) in [5.41, 5.74) is 0.599. The van der Waals surface area contributed by atoms with E-state index in [0.29, 0.717) is 43.1 Å². The molecule has 154 valence electrons. The lowest BCUT2D eigenvalue weighted by Gasteiger charge is -2.33. The summed E-state index contributed by atoms with van der Waals surface area (Å²) in [5.74, 6) is -0.371. The first-order valence-electron chi connectivity index (χ1n) is 9.63. The van der Waals surface area contributed by atoms with Crippen LogP contribution in [0.2, 0.25) is 5.02 Å². The number of carbonyl (C=O) groups excluding carboxylic acids is 2. The van der Waals surface area contributed by atoms with Crippen LogP contribution in [0.1, 0.15) is 23.2 Å². The molecule has 0 radical (unpaired) electrons. The first-order valence-corrected chi connectivity index (χ1v) is 10.0. The van der Waals surface area contributed by atoms with Crippen molar-refractivity contribution in [2.45, 2.75) is 12.8 Å². The zero-order chi connectivity index (χ0) is 20.8. The first kappa shape index (κ1) is 21.1. The topological polar surface area (TPSA) is 49.9 Å². The third-order valence-electron chi connectivity index (χ3n) is 5.12. The van der Waals surface area contributed by atoms with Crippen molar-refractivity contribution in [2.24, 2.45) is 5.92 Å². The fourth-order valence-corrected chi connectivity index (χ4v) is 3.51. The lowest BCUT2D eigenvalue weighted by Crippen LogP contribution is -2.44. The number of hydrogen-bond acceptors (Lipinski definition) is 3. The molecule has 3 rings (SSSR count). The predicted octanol–water partition coefficient (Wildman–Crippen LogP) is 3.87. The Hall–Kier alpha value is -2.60. The molecule has 0 spiro atoms. The van der Waals surface area contributed by atoms with Gasteiger partial charge in [0.05, 0.1) is 6.54 Å². The fourth-order valence-electron chi connectivity index (χ4n) is 3.38. The lowest BCUT2D eigenvalue weighted by atomic mass is 9.95. The molecule has 0 aliphatic carbocycles. The van der Waals surface area contributed by atoms with Crippen molar-refractivity contribution in [1.82, 2.24) is 9.80 Å². The van der Waals surface area contributed by atoms with E-state index in [1.807, 2.05) is 0 Å². The number of likely N-dealkylation sites (N-methyl/N-ethyl adjacent to an activating group) is 1. The van der Waals surface area contributed by atoms with E-state index in [9.17, 15) is 14.0 Å². The molecule has 1 aliphatic heterocycles. The van der Waals surface area contributed by atoms with Crippen molar-refractivity contribution in [3.8, 4) is 5.75 Å². The summed E-state index contributed by atoms with van der Waals surface area (Å²) in [6, 6.07) is 13.0. The highest BCUT2D eigenvalue weighted by Crippen LogP contribution is 2.22. The monoisotopic (exact) mass is 418 g/mol. The van der Waals surface area contributed by atoms with Crippen molar-refractivity contribution >= 4 is 23.4 Å². The predicted molar refractivity (Wildman–Crippen MR) is 110 cm³/mol. The molecular formula is C22H24ClFN2O3. The molecule has 2 aromatic rings. The van der Waals surface area contributed by atoms with Crippen molar-refractivity contribution in [3.63, 3.8) is 0 Å². The molecule has 7 heteroatoms. The van der Waals surface area contributed by atoms with E-state index < -0.39 is 5.82 Å². The molecule has 0 atom stereocenters. The summed E-state index contributed by atoms with van der Waals surface area (Å²) < 4.78 is 19.0. The first-order chi connectivity index (χ1) is 14.0. The molecule has 1 heterocycles. The minimum atomic E-state index is -0.417. The second-order valence-electron chi connectivity index (χ2n) is 7.11. The second kappa shape index (κ2) is 9.74. The van der Waals surface area contributed by atoms with Crippen LogP contribution in [0.15, 0.2) is 48.5 Å². The smallest absolute Gasteiger partial charge is 0.253 e. The van der Waals surface area contributed by atoms with E-state index in [0.717, 1.165) is 0 Å². The van der Waals surface area contributed by atoms with E-state index in [4.69, 9.17) is 16.3 Å². The van der Waals surface area contributed by atoms with Gasteiger partial charge in [-0.2, -0.15) is 0 Å². The van der Waals surface area contributed by atoms with Gasteiger partial charge in [0.25, 0.3) is 5.91 Å². The Kier molecular flexibility index (Phi) is 7.09. The van der Waals surface area contributed by atoms with Crippen LogP contribution in [0.3, 0.4) is 0 Å². The number of rotatable bonds is 6. The number of hydrogen-bond donors (Lipinski definition) is 0. The highest BCUT2D eigenvalue weighted by atomic mass is 35.5. The van der Waals surface area contributed by atoms with Gasteiger partial charge in [0, 0.05) is 36.6 Å². The number of para-hydroxylation sites is 1. The van der Waals surface area contributed by atoms with Gasteiger partial charge in [-0.3, -0.25) is 9.59 Å². The maximum absolute atomic E-state index is 13.6. The number of nitrogens with zero attached hydrogens (tertiary/aromatic N) is 2. The van der Waals surface area contributed by atoms with Crippen LogP contribution in [0.25, 0.3) is 0 Å². The molecule has 0 aromatic heterocycles. The molecule has 0 N–H and O–H groups in total. The van der Waals surface area contributed by atoms with Crippen molar-refractivity contribution < 1.29 is 18.7 Å². The molecule has 1 fully saturated rings. The Morgan fingerprint density at radius 1 is 1.14 bits per heavy atom. The maximum Gasteiger partial charge on any atom is 0.253 e. The summed E-state index contributed by atoms with van der Waals surface area (Å²) in [6.45, 7) is 1.67. The van der Waals surface area contributed by atoms with E-state index in [-0.39, 0.29) is 30.1 Å². The molecule has 2 aromatic carbocycles. The summed E-state index contributed by atoms with van der Waals surface area (Å²) in [5, 5.41) is 0.591. The molecule has 0 bridgehead atoms. The minimum Gasteiger partial charge on any atom is -0.489 e. The van der Waals surface area contributed by atoms with Crippen molar-refractivity contribution in [3.05, 3.63) is 64.9 Å². The quantitative estimate of drug-likeness (QED) is 0.715. The molecule has 1 aliphatic rings. The number of halogens is 2. The number of benzene rings is 2. The van der Waals surface area contributed by atoms with Gasteiger partial charge in [0.1, 0.15) is 6.61 Å². The summed E-state index contributed by atoms with van der Waals surface area (Å²) >= 11 is 5.87. The van der Waals surface area contributed by atoms with E-state index in [1.54, 1.807) is 59.3 Å². The molecule has 5 nitrogen and oxygen atoms in total. The van der Waals surface area contributed by atoms with Gasteiger partial charge in [0.15, 0.2) is 11.6 Å². The summed E-state index contributed by atoms with van der Waals surface area (Å²) in [6.07, 6.45) is 1.24. The van der Waals surface area contributed by atoms with Gasteiger partial charge in [0.2, 0.25) is 5.91 Å². The SMILES string of the molecule is CN(CCOc1ccccc1F)C(=O)C1CCN(C(=O)c2ccc(Cl)cc2)CC1. The molecular weight excluding hydrogens is 395 g/mol. The summed E-state index contributed by atoms with van der Waals surface area (Å²) in [7, 11) is 1.72. The third-order valence-corrected chi connectivity index (χ3v) is 5.37. The molecule has 1 saturated heterocycles. The number of carbonyl (C=O) groups is 2. The highest BCUT2D eigenvalue weighted by molar-refractivity contribution is 6.30. The molecule has 2 amide bonds. The standard InChI is InChI=1S/C22H24ClFN2O3/c1-25(14-15-29-20-5-3-2-4-19(20)24)21(27)17-10-12-26(13-11-17)22(28)16-6-8-18(23)9-7-16/h2-9,17H,10-15H2,1H3. The van der Waals surface area contributed by atoms with Gasteiger partial charge in [-0.15, -0.1) is 0 Å². The number of ether oxygens (including phenoxy) is 1. The van der Waals surface area contributed by atoms with E-state index >= 15 is 0 Å². The van der Waals surface area contributed by atoms with Crippen LogP contribution < -0.4 is 4.74 Å². The van der Waals surface area contributed by atoms with Crippen molar-refractivity contribution in [2.75, 3.05) is 33.3 Å². The second-order valence-corrected chi connectivity index (χ2v) is 7.55. The number of piperidine rings is 1.